The zero-order valence-electron chi connectivity index (χ0n) is 8.79. The average Bonchev–Trinajstić information content (AvgIpc) is 2.35. The van der Waals surface area contributed by atoms with Crippen molar-refractivity contribution in [1.82, 2.24) is 4.98 Å². The quantitative estimate of drug-likeness (QED) is 0.627. The van der Waals surface area contributed by atoms with Crippen molar-refractivity contribution in [3.05, 3.63) is 47.7 Å². The van der Waals surface area contributed by atoms with Crippen LogP contribution >= 0.6 is 0 Å². The van der Waals surface area contributed by atoms with E-state index in [1.807, 2.05) is 6.07 Å². The van der Waals surface area contributed by atoms with E-state index in [1.165, 1.54) is 6.08 Å². The summed E-state index contributed by atoms with van der Waals surface area (Å²) in [5.74, 6) is -1.22. The molecule has 0 saturated carbocycles. The third kappa shape index (κ3) is 2.29. The number of aromatic nitrogens is 1. The molecule has 0 spiro atoms. The lowest BCUT2D eigenvalue weighted by Gasteiger charge is -1.98. The van der Waals surface area contributed by atoms with Crippen LogP contribution < -0.4 is 0 Å². The molecule has 0 saturated heterocycles. The number of fused-ring (bicyclic) bond motifs is 1. The highest BCUT2D eigenvalue weighted by Crippen LogP contribution is 2.15. The number of benzene rings is 1. The van der Waals surface area contributed by atoms with Gasteiger partial charge in [-0.05, 0) is 29.8 Å². The molecule has 4 nitrogen and oxygen atoms in total. The van der Waals surface area contributed by atoms with Gasteiger partial charge in [-0.15, -0.1) is 0 Å². The highest BCUT2D eigenvalue weighted by molar-refractivity contribution is 5.97. The van der Waals surface area contributed by atoms with E-state index >= 15 is 0 Å². The molecule has 0 aliphatic carbocycles. The number of rotatable bonds is 2. The van der Waals surface area contributed by atoms with Crippen molar-refractivity contribution in [2.75, 3.05) is 0 Å². The number of carbonyl (C=O) groups is 1. The van der Waals surface area contributed by atoms with Gasteiger partial charge < -0.3 is 5.11 Å². The minimum absolute atomic E-state index is 0.284. The van der Waals surface area contributed by atoms with Crippen LogP contribution in [0, 0.1) is 11.3 Å². The number of nitrogens with zero attached hydrogens (tertiary/aromatic N) is 2. The number of hydrogen-bond donors (Lipinski definition) is 1. The summed E-state index contributed by atoms with van der Waals surface area (Å²) in [6.07, 6.45) is 3.03. The number of hydrogen-bond acceptors (Lipinski definition) is 3. The Morgan fingerprint density at radius 1 is 1.41 bits per heavy atom. The lowest BCUT2D eigenvalue weighted by molar-refractivity contribution is -0.132. The third-order valence-corrected chi connectivity index (χ3v) is 2.29. The predicted octanol–water partition coefficient (Wildman–Crippen LogP) is 2.23. The van der Waals surface area contributed by atoms with E-state index in [0.717, 1.165) is 10.9 Å². The molecule has 0 radical (unpaired) electrons. The van der Waals surface area contributed by atoms with Crippen LogP contribution in [0.15, 0.2) is 42.1 Å². The fourth-order valence-corrected chi connectivity index (χ4v) is 1.49. The standard InChI is InChI=1S/C13H8N2O2/c14-8-11(13(16)17)7-9-3-4-12-10(6-9)2-1-5-15-12/h1-7H,(H,16,17)/b11-7+. The summed E-state index contributed by atoms with van der Waals surface area (Å²) in [5, 5.41) is 18.3. The molecule has 0 bridgehead atoms. The second-order valence-corrected chi connectivity index (χ2v) is 3.43. The van der Waals surface area contributed by atoms with E-state index in [2.05, 4.69) is 4.98 Å². The van der Waals surface area contributed by atoms with Crippen molar-refractivity contribution < 1.29 is 9.90 Å². The van der Waals surface area contributed by atoms with Crippen LogP contribution in [0.3, 0.4) is 0 Å². The maximum Gasteiger partial charge on any atom is 0.346 e. The van der Waals surface area contributed by atoms with Crippen molar-refractivity contribution in [3.63, 3.8) is 0 Å². The summed E-state index contributed by atoms with van der Waals surface area (Å²) in [5.41, 5.74) is 1.22. The SMILES string of the molecule is N#C/C(=C\c1ccc2ncccc2c1)C(=O)O. The highest BCUT2D eigenvalue weighted by Gasteiger charge is 2.05. The van der Waals surface area contributed by atoms with Gasteiger partial charge in [0.25, 0.3) is 0 Å². The van der Waals surface area contributed by atoms with Crippen LogP contribution in [0.25, 0.3) is 17.0 Å². The van der Waals surface area contributed by atoms with E-state index in [-0.39, 0.29) is 5.57 Å². The molecule has 1 aromatic heterocycles. The van der Waals surface area contributed by atoms with Crippen molar-refractivity contribution in [2.45, 2.75) is 0 Å². The lowest BCUT2D eigenvalue weighted by atomic mass is 10.1. The zero-order chi connectivity index (χ0) is 12.3. The van der Waals surface area contributed by atoms with Crippen molar-refractivity contribution in [1.29, 1.82) is 5.26 Å². The van der Waals surface area contributed by atoms with Crippen LogP contribution in [-0.4, -0.2) is 16.1 Å². The molecule has 1 aromatic carbocycles. The van der Waals surface area contributed by atoms with Crippen LogP contribution in [0.1, 0.15) is 5.56 Å². The first-order chi connectivity index (χ1) is 8.20. The van der Waals surface area contributed by atoms with Crippen molar-refractivity contribution in [3.8, 4) is 6.07 Å². The van der Waals surface area contributed by atoms with E-state index in [0.29, 0.717) is 5.56 Å². The molecule has 0 aliphatic rings. The lowest BCUT2D eigenvalue weighted by Crippen LogP contribution is -1.97. The molecule has 4 heteroatoms. The van der Waals surface area contributed by atoms with Gasteiger partial charge in [0.1, 0.15) is 11.6 Å². The molecule has 0 fully saturated rings. The first-order valence-electron chi connectivity index (χ1n) is 4.90. The molecule has 1 N–H and O–H groups in total. The fourth-order valence-electron chi connectivity index (χ4n) is 1.49. The first kappa shape index (κ1) is 10.8. The molecular formula is C13H8N2O2. The van der Waals surface area contributed by atoms with Crippen molar-refractivity contribution >= 4 is 22.9 Å². The largest absolute Gasteiger partial charge is 0.477 e. The predicted molar refractivity (Wildman–Crippen MR) is 63.0 cm³/mol. The summed E-state index contributed by atoms with van der Waals surface area (Å²) >= 11 is 0. The van der Waals surface area contributed by atoms with Gasteiger partial charge in [-0.1, -0.05) is 12.1 Å². The molecule has 0 atom stereocenters. The molecule has 0 amide bonds. The zero-order valence-corrected chi connectivity index (χ0v) is 8.79. The Morgan fingerprint density at radius 2 is 2.24 bits per heavy atom. The topological polar surface area (TPSA) is 74.0 Å². The minimum atomic E-state index is -1.22. The summed E-state index contributed by atoms with van der Waals surface area (Å²) < 4.78 is 0. The van der Waals surface area contributed by atoms with E-state index < -0.39 is 5.97 Å². The van der Waals surface area contributed by atoms with Crippen LogP contribution in [-0.2, 0) is 4.79 Å². The van der Waals surface area contributed by atoms with Gasteiger partial charge in [0, 0.05) is 11.6 Å². The minimum Gasteiger partial charge on any atom is -0.477 e. The molecule has 0 unspecified atom stereocenters. The maximum absolute atomic E-state index is 10.7. The molecule has 0 aliphatic heterocycles. The van der Waals surface area contributed by atoms with Gasteiger partial charge in [-0.3, -0.25) is 4.98 Å². The Hall–Kier alpha value is -2.67. The second-order valence-electron chi connectivity index (χ2n) is 3.43. The average molecular weight is 224 g/mol. The number of nitriles is 1. The Bertz CT molecular complexity index is 654. The van der Waals surface area contributed by atoms with E-state index in [9.17, 15) is 4.79 Å². The Kier molecular flexibility index (Phi) is 2.84. The number of carboxylic acids is 1. The summed E-state index contributed by atoms with van der Waals surface area (Å²) in [6.45, 7) is 0. The second kappa shape index (κ2) is 4.45. The molecule has 17 heavy (non-hydrogen) atoms. The molecular weight excluding hydrogens is 216 g/mol. The summed E-state index contributed by atoms with van der Waals surface area (Å²) in [4.78, 5) is 14.9. The smallest absolute Gasteiger partial charge is 0.346 e. The van der Waals surface area contributed by atoms with E-state index in [4.69, 9.17) is 10.4 Å². The van der Waals surface area contributed by atoms with Gasteiger partial charge in [0.05, 0.1) is 5.52 Å². The fraction of sp³-hybridized carbons (Fsp3) is 0. The number of pyridine rings is 1. The molecule has 1 heterocycles. The first-order valence-corrected chi connectivity index (χ1v) is 4.90. The molecule has 2 rings (SSSR count). The van der Waals surface area contributed by atoms with Crippen LogP contribution in [0.2, 0.25) is 0 Å². The third-order valence-electron chi connectivity index (χ3n) is 2.29. The molecule has 82 valence electrons. The number of aliphatic carboxylic acids is 1. The van der Waals surface area contributed by atoms with Gasteiger partial charge >= 0.3 is 5.97 Å². The van der Waals surface area contributed by atoms with Crippen LogP contribution in [0.4, 0.5) is 0 Å². The molecule has 2 aromatic rings. The van der Waals surface area contributed by atoms with Gasteiger partial charge in [-0.2, -0.15) is 5.26 Å². The monoisotopic (exact) mass is 224 g/mol. The maximum atomic E-state index is 10.7. The Morgan fingerprint density at radius 3 is 2.94 bits per heavy atom. The Balaban J connectivity index is 2.51. The van der Waals surface area contributed by atoms with Gasteiger partial charge in [0.15, 0.2) is 0 Å². The normalized spacial score (nSPS) is 11.1. The van der Waals surface area contributed by atoms with Gasteiger partial charge in [-0.25, -0.2) is 4.79 Å². The number of carboxylic acid groups (broad SMARTS) is 1. The summed E-state index contributed by atoms with van der Waals surface area (Å²) in [7, 11) is 0. The summed E-state index contributed by atoms with van der Waals surface area (Å²) in [6, 6.07) is 10.6. The van der Waals surface area contributed by atoms with Crippen LogP contribution in [0.5, 0.6) is 0 Å². The van der Waals surface area contributed by atoms with E-state index in [1.54, 1.807) is 36.5 Å². The highest BCUT2D eigenvalue weighted by atomic mass is 16.4. The van der Waals surface area contributed by atoms with Crippen molar-refractivity contribution in [2.24, 2.45) is 0 Å². The van der Waals surface area contributed by atoms with Gasteiger partial charge in [0.2, 0.25) is 0 Å². The Labute approximate surface area is 97.5 Å².